The molecule has 0 amide bonds. The second kappa shape index (κ2) is 7.59. The van der Waals surface area contributed by atoms with Crippen LogP contribution in [0.4, 0.5) is 0 Å². The van der Waals surface area contributed by atoms with Crippen molar-refractivity contribution in [2.24, 2.45) is 5.73 Å². The molecular weight excluding hydrogens is 362 g/mol. The molecular formula is C22H22ClNO3. The fraction of sp³-hybridized carbons (Fsp3) is 0.227. The van der Waals surface area contributed by atoms with Crippen LogP contribution < -0.4 is 10.5 Å². The zero-order valence-electron chi connectivity index (χ0n) is 15.0. The van der Waals surface area contributed by atoms with Crippen molar-refractivity contribution in [1.82, 2.24) is 0 Å². The first kappa shape index (κ1) is 19.2. The van der Waals surface area contributed by atoms with E-state index in [4.69, 9.17) is 10.5 Å². The molecule has 4 nitrogen and oxygen atoms in total. The fourth-order valence-electron chi connectivity index (χ4n) is 3.89. The molecule has 0 spiro atoms. The number of aliphatic carboxylic acids is 1. The Bertz CT molecular complexity index is 997. The maximum Gasteiger partial charge on any atom is 0.312 e. The lowest BCUT2D eigenvalue weighted by Crippen LogP contribution is -2.37. The van der Waals surface area contributed by atoms with E-state index in [1.54, 1.807) is 0 Å². The van der Waals surface area contributed by atoms with Crippen LogP contribution in [0.25, 0.3) is 10.8 Å². The molecule has 0 saturated carbocycles. The van der Waals surface area contributed by atoms with E-state index in [0.717, 1.165) is 39.6 Å². The number of carbonyl (C=O) groups is 1. The number of rotatable bonds is 3. The summed E-state index contributed by atoms with van der Waals surface area (Å²) in [6.07, 6.45) is 1.49. The monoisotopic (exact) mass is 383 g/mol. The fourth-order valence-corrected chi connectivity index (χ4v) is 3.89. The van der Waals surface area contributed by atoms with Crippen LogP contribution in [0.15, 0.2) is 54.6 Å². The minimum Gasteiger partial charge on any atom is -0.481 e. The van der Waals surface area contributed by atoms with Crippen molar-refractivity contribution in [3.63, 3.8) is 0 Å². The van der Waals surface area contributed by atoms with Crippen LogP contribution >= 0.6 is 12.4 Å². The maximum absolute atomic E-state index is 11.7. The third-order valence-electron chi connectivity index (χ3n) is 5.20. The maximum atomic E-state index is 11.7. The Morgan fingerprint density at radius 1 is 1.15 bits per heavy atom. The average Bonchev–Trinajstić information content (AvgIpc) is 2.61. The van der Waals surface area contributed by atoms with Crippen LogP contribution in [0.1, 0.15) is 29.0 Å². The smallest absolute Gasteiger partial charge is 0.312 e. The van der Waals surface area contributed by atoms with Crippen LogP contribution in [-0.4, -0.2) is 17.1 Å². The van der Waals surface area contributed by atoms with Crippen molar-refractivity contribution >= 4 is 29.1 Å². The summed E-state index contributed by atoms with van der Waals surface area (Å²) in [5.41, 5.74) is 9.02. The summed E-state index contributed by atoms with van der Waals surface area (Å²) in [5.74, 6) is -0.152. The Morgan fingerprint density at radius 2 is 1.89 bits per heavy atom. The number of carboxylic acid groups (broad SMARTS) is 1. The predicted molar refractivity (Wildman–Crippen MR) is 109 cm³/mol. The molecule has 0 bridgehead atoms. The molecule has 3 aromatic rings. The summed E-state index contributed by atoms with van der Waals surface area (Å²) in [4.78, 5) is 11.7. The average molecular weight is 384 g/mol. The van der Waals surface area contributed by atoms with Crippen LogP contribution in [0, 0.1) is 6.92 Å². The number of nitrogens with two attached hydrogens (primary N) is 1. The Labute approximate surface area is 164 Å². The predicted octanol–water partition coefficient (Wildman–Crippen LogP) is 4.80. The van der Waals surface area contributed by atoms with Crippen molar-refractivity contribution in [2.75, 3.05) is 0 Å². The van der Waals surface area contributed by atoms with E-state index in [9.17, 15) is 9.90 Å². The van der Waals surface area contributed by atoms with E-state index in [0.29, 0.717) is 12.2 Å². The van der Waals surface area contributed by atoms with Gasteiger partial charge in [0.2, 0.25) is 0 Å². The summed E-state index contributed by atoms with van der Waals surface area (Å²) in [5, 5.41) is 11.8. The number of fused-ring (bicyclic) bond motifs is 2. The van der Waals surface area contributed by atoms with Gasteiger partial charge in [0, 0.05) is 11.4 Å². The standard InChI is InChI=1S/C22H21NO3.ClH/c1-13-4-2-5-15-6-3-7-19(20(13)15)26-16-10-8-14-9-11-18(23)21(22(24)25)17(14)12-16;/h2-8,10,12,18,21H,9,11,23H2,1H3,(H,24,25);1H. The lowest BCUT2D eigenvalue weighted by atomic mass is 9.79. The number of halogens is 1. The molecule has 0 heterocycles. The van der Waals surface area contributed by atoms with Gasteiger partial charge in [0.1, 0.15) is 11.5 Å². The third kappa shape index (κ3) is 3.51. The molecule has 0 aromatic heterocycles. The summed E-state index contributed by atoms with van der Waals surface area (Å²) in [6, 6.07) is 17.4. The molecule has 3 aromatic carbocycles. The minimum absolute atomic E-state index is 0. The molecule has 1 aliphatic carbocycles. The van der Waals surface area contributed by atoms with E-state index in [1.807, 2.05) is 36.4 Å². The lowest BCUT2D eigenvalue weighted by Gasteiger charge is -2.28. The van der Waals surface area contributed by atoms with Crippen LogP contribution in [0.3, 0.4) is 0 Å². The Hall–Kier alpha value is -2.56. The topological polar surface area (TPSA) is 72.5 Å². The summed E-state index contributed by atoms with van der Waals surface area (Å²) in [6.45, 7) is 2.06. The highest BCUT2D eigenvalue weighted by atomic mass is 35.5. The van der Waals surface area contributed by atoms with E-state index in [-0.39, 0.29) is 18.4 Å². The number of benzene rings is 3. The van der Waals surface area contributed by atoms with Gasteiger partial charge in [0.25, 0.3) is 0 Å². The van der Waals surface area contributed by atoms with Crippen LogP contribution in [0.2, 0.25) is 0 Å². The second-order valence-electron chi connectivity index (χ2n) is 6.91. The molecule has 2 unspecified atom stereocenters. The van der Waals surface area contributed by atoms with Gasteiger partial charge in [-0.05, 0) is 60.0 Å². The minimum atomic E-state index is -0.878. The van der Waals surface area contributed by atoms with E-state index in [2.05, 4.69) is 25.1 Å². The van der Waals surface area contributed by atoms with Crippen LogP contribution in [-0.2, 0) is 11.2 Å². The van der Waals surface area contributed by atoms with Crippen molar-refractivity contribution in [1.29, 1.82) is 0 Å². The van der Waals surface area contributed by atoms with E-state index >= 15 is 0 Å². The van der Waals surface area contributed by atoms with Gasteiger partial charge in [-0.1, -0.05) is 36.4 Å². The number of hydrogen-bond acceptors (Lipinski definition) is 3. The molecule has 0 fully saturated rings. The molecule has 27 heavy (non-hydrogen) atoms. The number of aryl methyl sites for hydroxylation is 2. The first-order valence-corrected chi connectivity index (χ1v) is 8.82. The van der Waals surface area contributed by atoms with E-state index in [1.165, 1.54) is 0 Å². The largest absolute Gasteiger partial charge is 0.481 e. The van der Waals surface area contributed by atoms with Gasteiger partial charge in [-0.15, -0.1) is 12.4 Å². The van der Waals surface area contributed by atoms with Gasteiger partial charge in [-0.2, -0.15) is 0 Å². The number of ether oxygens (including phenoxy) is 1. The normalized spacial score (nSPS) is 18.4. The van der Waals surface area contributed by atoms with Gasteiger partial charge in [-0.3, -0.25) is 4.79 Å². The van der Waals surface area contributed by atoms with Gasteiger partial charge in [0.05, 0.1) is 5.92 Å². The first-order chi connectivity index (χ1) is 12.5. The Balaban J connectivity index is 0.00000210. The van der Waals surface area contributed by atoms with Gasteiger partial charge >= 0.3 is 5.97 Å². The molecule has 1 aliphatic rings. The van der Waals surface area contributed by atoms with Crippen molar-refractivity contribution in [3.05, 3.63) is 71.3 Å². The van der Waals surface area contributed by atoms with Gasteiger partial charge < -0.3 is 15.6 Å². The van der Waals surface area contributed by atoms with Crippen LogP contribution in [0.5, 0.6) is 11.5 Å². The summed E-state index contributed by atoms with van der Waals surface area (Å²) in [7, 11) is 0. The highest BCUT2D eigenvalue weighted by Crippen LogP contribution is 2.37. The quantitative estimate of drug-likeness (QED) is 0.681. The summed E-state index contributed by atoms with van der Waals surface area (Å²) < 4.78 is 6.17. The lowest BCUT2D eigenvalue weighted by molar-refractivity contribution is -0.139. The second-order valence-corrected chi connectivity index (χ2v) is 6.91. The molecule has 4 rings (SSSR count). The molecule has 5 heteroatoms. The SMILES string of the molecule is Cc1cccc2cccc(Oc3ccc4c(c3)C(C(=O)O)C(N)CC4)c12.Cl. The van der Waals surface area contributed by atoms with Crippen molar-refractivity contribution < 1.29 is 14.6 Å². The highest BCUT2D eigenvalue weighted by molar-refractivity contribution is 5.91. The third-order valence-corrected chi connectivity index (χ3v) is 5.20. The summed E-state index contributed by atoms with van der Waals surface area (Å²) >= 11 is 0. The zero-order chi connectivity index (χ0) is 18.3. The van der Waals surface area contributed by atoms with E-state index < -0.39 is 11.9 Å². The molecule has 2 atom stereocenters. The molecule has 140 valence electrons. The first-order valence-electron chi connectivity index (χ1n) is 8.82. The van der Waals surface area contributed by atoms with Gasteiger partial charge in [0.15, 0.2) is 0 Å². The Kier molecular flexibility index (Phi) is 5.40. The zero-order valence-corrected chi connectivity index (χ0v) is 15.8. The number of carboxylic acids is 1. The van der Waals surface area contributed by atoms with Crippen molar-refractivity contribution in [3.8, 4) is 11.5 Å². The molecule has 0 aliphatic heterocycles. The molecule has 0 saturated heterocycles. The molecule has 3 N–H and O–H groups in total. The molecule has 0 radical (unpaired) electrons. The van der Waals surface area contributed by atoms with Crippen molar-refractivity contribution in [2.45, 2.75) is 31.7 Å². The number of hydrogen-bond donors (Lipinski definition) is 2. The van der Waals surface area contributed by atoms with Gasteiger partial charge in [-0.25, -0.2) is 0 Å². The Morgan fingerprint density at radius 3 is 2.63 bits per heavy atom. The highest BCUT2D eigenvalue weighted by Gasteiger charge is 2.33.